The van der Waals surface area contributed by atoms with Crippen molar-refractivity contribution in [2.45, 2.75) is 32.0 Å². The van der Waals surface area contributed by atoms with Gasteiger partial charge < -0.3 is 9.84 Å². The van der Waals surface area contributed by atoms with Crippen LogP contribution in [0.2, 0.25) is 0 Å². The molecule has 0 amide bonds. The number of aryl methyl sites for hydroxylation is 2. The number of hydrogen-bond acceptors (Lipinski definition) is 3. The van der Waals surface area contributed by atoms with E-state index >= 15 is 0 Å². The molecule has 1 atom stereocenters. The van der Waals surface area contributed by atoms with E-state index in [4.69, 9.17) is 4.74 Å². The molecule has 1 N–H and O–H groups in total. The van der Waals surface area contributed by atoms with Gasteiger partial charge in [0.25, 0.3) is 0 Å². The fourth-order valence-corrected chi connectivity index (χ4v) is 2.54. The van der Waals surface area contributed by atoms with Crippen LogP contribution >= 0.6 is 0 Å². The number of ether oxygens (including phenoxy) is 1. The average molecular weight is 258 g/mol. The van der Waals surface area contributed by atoms with Gasteiger partial charge in [0.2, 0.25) is 0 Å². The second-order valence-corrected chi connectivity index (χ2v) is 5.04. The van der Waals surface area contributed by atoms with Crippen molar-refractivity contribution in [2.24, 2.45) is 7.05 Å². The number of rotatable bonds is 3. The third-order valence-electron chi connectivity index (χ3n) is 3.56. The largest absolute Gasteiger partial charge is 0.487 e. The first-order chi connectivity index (χ1) is 9.22. The standard InChI is InChI=1S/C15H18N2O2/c1-17-8-7-12(16-17)10-19-13-6-5-11-3-2-4-15(18)14(11)9-13/h5-9,15,18H,2-4,10H2,1H3/t15-/m0/s1. The van der Waals surface area contributed by atoms with Gasteiger partial charge in [-0.05, 0) is 48.6 Å². The van der Waals surface area contributed by atoms with Crippen LogP contribution in [-0.4, -0.2) is 14.9 Å². The highest BCUT2D eigenvalue weighted by molar-refractivity contribution is 5.38. The summed E-state index contributed by atoms with van der Waals surface area (Å²) in [7, 11) is 1.89. The van der Waals surface area contributed by atoms with Gasteiger partial charge in [-0.2, -0.15) is 5.10 Å². The molecule has 0 bridgehead atoms. The molecule has 0 aliphatic heterocycles. The number of aliphatic hydroxyl groups excluding tert-OH is 1. The van der Waals surface area contributed by atoms with Gasteiger partial charge in [0.15, 0.2) is 0 Å². The number of nitrogens with zero attached hydrogens (tertiary/aromatic N) is 2. The Labute approximate surface area is 112 Å². The summed E-state index contributed by atoms with van der Waals surface area (Å²) < 4.78 is 7.49. The van der Waals surface area contributed by atoms with E-state index in [1.165, 1.54) is 5.56 Å². The summed E-state index contributed by atoms with van der Waals surface area (Å²) in [5, 5.41) is 14.3. The number of fused-ring (bicyclic) bond motifs is 1. The maximum atomic E-state index is 10.0. The lowest BCUT2D eigenvalue weighted by Crippen LogP contribution is -2.09. The summed E-state index contributed by atoms with van der Waals surface area (Å²) in [4.78, 5) is 0. The zero-order valence-corrected chi connectivity index (χ0v) is 11.0. The van der Waals surface area contributed by atoms with Crippen molar-refractivity contribution < 1.29 is 9.84 Å². The molecule has 0 saturated carbocycles. The van der Waals surface area contributed by atoms with Crippen molar-refractivity contribution in [3.8, 4) is 5.75 Å². The molecular formula is C15H18N2O2. The summed E-state index contributed by atoms with van der Waals surface area (Å²) in [6.07, 6.45) is 4.50. The topological polar surface area (TPSA) is 47.3 Å². The molecule has 0 spiro atoms. The summed E-state index contributed by atoms with van der Waals surface area (Å²) in [5.41, 5.74) is 3.16. The molecule has 1 aliphatic rings. The van der Waals surface area contributed by atoms with Gasteiger partial charge in [0.05, 0.1) is 11.8 Å². The van der Waals surface area contributed by atoms with Crippen LogP contribution in [0.1, 0.15) is 35.8 Å². The zero-order valence-electron chi connectivity index (χ0n) is 11.0. The molecule has 1 heterocycles. The van der Waals surface area contributed by atoms with Crippen molar-refractivity contribution in [3.63, 3.8) is 0 Å². The fourth-order valence-electron chi connectivity index (χ4n) is 2.54. The van der Waals surface area contributed by atoms with Crippen molar-refractivity contribution in [3.05, 3.63) is 47.3 Å². The Morgan fingerprint density at radius 3 is 3.11 bits per heavy atom. The van der Waals surface area contributed by atoms with E-state index in [1.807, 2.05) is 31.4 Å². The first kappa shape index (κ1) is 12.2. The molecule has 0 radical (unpaired) electrons. The van der Waals surface area contributed by atoms with Crippen LogP contribution in [0.5, 0.6) is 5.75 Å². The highest BCUT2D eigenvalue weighted by Gasteiger charge is 2.18. The number of benzene rings is 1. The maximum absolute atomic E-state index is 10.0. The number of hydrogen-bond donors (Lipinski definition) is 1. The maximum Gasteiger partial charge on any atom is 0.132 e. The van der Waals surface area contributed by atoms with Crippen LogP contribution in [0.4, 0.5) is 0 Å². The van der Waals surface area contributed by atoms with Gasteiger partial charge in [-0.25, -0.2) is 0 Å². The quantitative estimate of drug-likeness (QED) is 0.919. The molecule has 0 saturated heterocycles. The Hall–Kier alpha value is -1.81. The van der Waals surface area contributed by atoms with Crippen LogP contribution in [0.3, 0.4) is 0 Å². The minimum absolute atomic E-state index is 0.345. The van der Waals surface area contributed by atoms with E-state index in [9.17, 15) is 5.11 Å². The Morgan fingerprint density at radius 1 is 1.42 bits per heavy atom. The van der Waals surface area contributed by atoms with Crippen LogP contribution in [0.25, 0.3) is 0 Å². The van der Waals surface area contributed by atoms with E-state index in [-0.39, 0.29) is 6.10 Å². The Kier molecular flexibility index (Phi) is 3.25. The van der Waals surface area contributed by atoms with E-state index in [0.29, 0.717) is 6.61 Å². The molecule has 4 nitrogen and oxygen atoms in total. The molecular weight excluding hydrogens is 240 g/mol. The molecule has 3 rings (SSSR count). The van der Waals surface area contributed by atoms with Gasteiger partial charge in [-0.1, -0.05) is 6.07 Å². The van der Waals surface area contributed by atoms with Gasteiger partial charge in [-0.15, -0.1) is 0 Å². The summed E-state index contributed by atoms with van der Waals surface area (Å²) in [6.45, 7) is 0.454. The molecule has 1 aromatic carbocycles. The summed E-state index contributed by atoms with van der Waals surface area (Å²) >= 11 is 0. The molecule has 0 unspecified atom stereocenters. The second kappa shape index (κ2) is 5.05. The second-order valence-electron chi connectivity index (χ2n) is 5.04. The molecule has 1 aliphatic carbocycles. The monoisotopic (exact) mass is 258 g/mol. The number of aliphatic hydroxyl groups is 1. The van der Waals surface area contributed by atoms with Crippen LogP contribution in [0, 0.1) is 0 Å². The number of aromatic nitrogens is 2. The lowest BCUT2D eigenvalue weighted by molar-refractivity contribution is 0.156. The summed E-state index contributed by atoms with van der Waals surface area (Å²) in [5.74, 6) is 0.797. The minimum atomic E-state index is -0.345. The molecule has 1 aromatic heterocycles. The smallest absolute Gasteiger partial charge is 0.132 e. The Balaban J connectivity index is 1.73. The first-order valence-corrected chi connectivity index (χ1v) is 6.64. The van der Waals surface area contributed by atoms with E-state index in [2.05, 4.69) is 11.2 Å². The van der Waals surface area contributed by atoms with Gasteiger partial charge in [-0.3, -0.25) is 4.68 Å². The highest BCUT2D eigenvalue weighted by Crippen LogP contribution is 2.32. The van der Waals surface area contributed by atoms with E-state index in [1.54, 1.807) is 4.68 Å². The van der Waals surface area contributed by atoms with E-state index < -0.39 is 0 Å². The lowest BCUT2D eigenvalue weighted by atomic mass is 9.89. The molecule has 0 fully saturated rings. The Bertz CT molecular complexity index is 577. The molecule has 100 valence electrons. The fraction of sp³-hybridized carbons (Fsp3) is 0.400. The minimum Gasteiger partial charge on any atom is -0.487 e. The van der Waals surface area contributed by atoms with E-state index in [0.717, 1.165) is 36.3 Å². The van der Waals surface area contributed by atoms with Crippen LogP contribution in [0.15, 0.2) is 30.5 Å². The Morgan fingerprint density at radius 2 is 2.32 bits per heavy atom. The van der Waals surface area contributed by atoms with Crippen molar-refractivity contribution in [1.29, 1.82) is 0 Å². The van der Waals surface area contributed by atoms with Gasteiger partial charge >= 0.3 is 0 Å². The lowest BCUT2D eigenvalue weighted by Gasteiger charge is -2.21. The first-order valence-electron chi connectivity index (χ1n) is 6.64. The molecule has 2 aromatic rings. The van der Waals surface area contributed by atoms with Crippen molar-refractivity contribution in [1.82, 2.24) is 9.78 Å². The van der Waals surface area contributed by atoms with Gasteiger partial charge in [0, 0.05) is 13.2 Å². The normalized spacial score (nSPS) is 18.1. The SMILES string of the molecule is Cn1ccc(COc2ccc3c(c2)[C@@H](O)CCC3)n1. The zero-order chi connectivity index (χ0) is 13.2. The third-order valence-corrected chi connectivity index (χ3v) is 3.56. The van der Waals surface area contributed by atoms with Crippen molar-refractivity contribution in [2.75, 3.05) is 0 Å². The van der Waals surface area contributed by atoms with Gasteiger partial charge in [0.1, 0.15) is 12.4 Å². The average Bonchev–Trinajstić information content (AvgIpc) is 2.83. The van der Waals surface area contributed by atoms with Crippen LogP contribution < -0.4 is 4.74 Å². The van der Waals surface area contributed by atoms with Crippen molar-refractivity contribution >= 4 is 0 Å². The molecule has 4 heteroatoms. The molecule has 19 heavy (non-hydrogen) atoms. The predicted molar refractivity (Wildman–Crippen MR) is 71.9 cm³/mol. The van der Waals surface area contributed by atoms with Crippen LogP contribution in [-0.2, 0) is 20.1 Å². The third kappa shape index (κ3) is 2.63. The highest BCUT2D eigenvalue weighted by atomic mass is 16.5. The predicted octanol–water partition coefficient (Wildman–Crippen LogP) is 2.37. The summed E-state index contributed by atoms with van der Waals surface area (Å²) in [6, 6.07) is 7.93.